The maximum absolute atomic E-state index is 5.16. The zero-order valence-corrected chi connectivity index (χ0v) is 8.68. The van der Waals surface area contributed by atoms with Crippen molar-refractivity contribution in [2.24, 2.45) is 0 Å². The van der Waals surface area contributed by atoms with Crippen molar-refractivity contribution in [2.75, 3.05) is 13.2 Å². The van der Waals surface area contributed by atoms with Gasteiger partial charge in [-0.25, -0.2) is 0 Å². The lowest BCUT2D eigenvalue weighted by molar-refractivity contribution is 0.308. The van der Waals surface area contributed by atoms with E-state index in [0.717, 1.165) is 0 Å². The summed E-state index contributed by atoms with van der Waals surface area (Å²) in [7, 11) is 0. The summed E-state index contributed by atoms with van der Waals surface area (Å²) >= 11 is 2.11. The zero-order valence-electron chi connectivity index (χ0n) is 5.62. The molecule has 58 valence electrons. The quantitative estimate of drug-likeness (QED) is 0.420. The molecule has 0 fully saturated rings. The molecule has 10 heavy (non-hydrogen) atoms. The molecular formula is C6H10IO2P. The van der Waals surface area contributed by atoms with E-state index in [4.69, 9.17) is 9.05 Å². The first-order valence-electron chi connectivity index (χ1n) is 2.74. The number of rotatable bonds is 6. The van der Waals surface area contributed by atoms with Crippen LogP contribution in [-0.4, -0.2) is 13.2 Å². The lowest BCUT2D eigenvalue weighted by Crippen LogP contribution is -1.85. The first-order valence-corrected chi connectivity index (χ1v) is 6.71. The van der Waals surface area contributed by atoms with E-state index in [-0.39, 0.29) is 0 Å². The maximum atomic E-state index is 5.16. The largest absolute Gasteiger partial charge is 0.322 e. The predicted octanol–water partition coefficient (Wildman–Crippen LogP) is 3.05. The lowest BCUT2D eigenvalue weighted by atomic mass is 10.7. The van der Waals surface area contributed by atoms with Gasteiger partial charge in [0.1, 0.15) is 0 Å². The van der Waals surface area contributed by atoms with Crippen LogP contribution in [0.1, 0.15) is 0 Å². The van der Waals surface area contributed by atoms with Crippen LogP contribution in [0.5, 0.6) is 0 Å². The topological polar surface area (TPSA) is 18.5 Å². The second-order valence-electron chi connectivity index (χ2n) is 1.38. The second-order valence-corrected chi connectivity index (χ2v) is 4.69. The van der Waals surface area contributed by atoms with Crippen LogP contribution in [0, 0.1) is 0 Å². The first-order chi connectivity index (χ1) is 4.81. The van der Waals surface area contributed by atoms with E-state index >= 15 is 0 Å². The van der Waals surface area contributed by atoms with Crippen LogP contribution in [0.2, 0.25) is 0 Å². The van der Waals surface area contributed by atoms with Crippen molar-refractivity contribution >= 4 is 28.1 Å². The average Bonchev–Trinajstić information content (AvgIpc) is 1.97. The van der Waals surface area contributed by atoms with Gasteiger partial charge in [0, 0.05) is 22.0 Å². The summed E-state index contributed by atoms with van der Waals surface area (Å²) in [6.07, 6.45) is 3.40. The van der Waals surface area contributed by atoms with Crippen molar-refractivity contribution in [1.82, 2.24) is 0 Å². The van der Waals surface area contributed by atoms with Crippen molar-refractivity contribution in [2.45, 2.75) is 0 Å². The van der Waals surface area contributed by atoms with E-state index < -0.39 is 6.02 Å². The fraction of sp³-hybridized carbons (Fsp3) is 0.333. The normalized spacial score (nSPS) is 9.80. The Bertz CT molecular complexity index is 95.9. The highest BCUT2D eigenvalue weighted by Crippen LogP contribution is 2.46. The Morgan fingerprint density at radius 2 is 1.60 bits per heavy atom. The van der Waals surface area contributed by atoms with E-state index in [9.17, 15) is 0 Å². The van der Waals surface area contributed by atoms with Crippen LogP contribution in [0.15, 0.2) is 25.3 Å². The van der Waals surface area contributed by atoms with Crippen LogP contribution >= 0.6 is 28.1 Å². The van der Waals surface area contributed by atoms with Crippen LogP contribution in [0.4, 0.5) is 0 Å². The minimum absolute atomic E-state index is 0.547. The fourth-order valence-electron chi connectivity index (χ4n) is 0.260. The molecule has 0 unspecified atom stereocenters. The summed E-state index contributed by atoms with van der Waals surface area (Å²) in [5.41, 5.74) is 0. The molecular weight excluding hydrogens is 262 g/mol. The molecule has 0 saturated carbocycles. The number of halogens is 1. The first kappa shape index (κ1) is 10.6. The summed E-state index contributed by atoms with van der Waals surface area (Å²) in [5.74, 6) is 0. The molecule has 0 aromatic rings. The zero-order chi connectivity index (χ0) is 7.82. The Kier molecular flexibility index (Phi) is 8.09. The van der Waals surface area contributed by atoms with Crippen molar-refractivity contribution < 1.29 is 9.05 Å². The highest BCUT2D eigenvalue weighted by atomic mass is 127. The molecule has 0 N–H and O–H groups in total. The molecule has 0 spiro atoms. The van der Waals surface area contributed by atoms with E-state index in [1.165, 1.54) is 0 Å². The van der Waals surface area contributed by atoms with Crippen molar-refractivity contribution in [3.05, 3.63) is 25.3 Å². The van der Waals surface area contributed by atoms with Gasteiger partial charge in [-0.2, -0.15) is 0 Å². The van der Waals surface area contributed by atoms with Gasteiger partial charge in [0.2, 0.25) is 6.02 Å². The summed E-state index contributed by atoms with van der Waals surface area (Å²) < 4.78 is 10.3. The smallest absolute Gasteiger partial charge is 0.240 e. The molecule has 0 atom stereocenters. The van der Waals surface area contributed by atoms with Crippen molar-refractivity contribution in [3.63, 3.8) is 0 Å². The Morgan fingerprint density at radius 3 is 1.90 bits per heavy atom. The van der Waals surface area contributed by atoms with E-state index in [0.29, 0.717) is 13.2 Å². The molecule has 4 heteroatoms. The van der Waals surface area contributed by atoms with Gasteiger partial charge in [-0.3, -0.25) is 0 Å². The molecule has 0 bridgehead atoms. The van der Waals surface area contributed by atoms with Crippen molar-refractivity contribution in [1.29, 1.82) is 0 Å². The van der Waals surface area contributed by atoms with E-state index in [1.807, 2.05) is 0 Å². The minimum Gasteiger partial charge on any atom is -0.322 e. The standard InChI is InChI=1S/C6H10IO2P/c1-3-5-8-10(7)9-6-4-2/h3-4H,1-2,5-6H2. The SMILES string of the molecule is C=CCOP(I)OCC=C. The number of hydrogen-bond donors (Lipinski definition) is 0. The summed E-state index contributed by atoms with van der Waals surface area (Å²) in [5, 5.41) is 0. The number of hydrogen-bond acceptors (Lipinski definition) is 2. The molecule has 0 heterocycles. The Hall–Kier alpha value is 0.560. The van der Waals surface area contributed by atoms with Gasteiger partial charge >= 0.3 is 0 Å². The minimum atomic E-state index is -0.765. The third-order valence-electron chi connectivity index (χ3n) is 0.588. The molecule has 0 rings (SSSR count). The van der Waals surface area contributed by atoms with Crippen LogP contribution in [0.3, 0.4) is 0 Å². The summed E-state index contributed by atoms with van der Waals surface area (Å²) in [6, 6.07) is -0.765. The maximum Gasteiger partial charge on any atom is 0.240 e. The molecule has 0 radical (unpaired) electrons. The summed E-state index contributed by atoms with van der Waals surface area (Å²) in [6.45, 7) is 8.13. The lowest BCUT2D eigenvalue weighted by Gasteiger charge is -2.06. The summed E-state index contributed by atoms with van der Waals surface area (Å²) in [4.78, 5) is 0. The van der Waals surface area contributed by atoms with Gasteiger partial charge in [0.25, 0.3) is 0 Å². The third kappa shape index (κ3) is 6.68. The van der Waals surface area contributed by atoms with Crippen molar-refractivity contribution in [3.8, 4) is 0 Å². The second kappa shape index (κ2) is 7.66. The van der Waals surface area contributed by atoms with Gasteiger partial charge in [-0.05, 0) is 0 Å². The molecule has 0 saturated heterocycles. The highest BCUT2D eigenvalue weighted by molar-refractivity contribution is 14.2. The Balaban J connectivity index is 3.15. The molecule has 0 amide bonds. The average molecular weight is 272 g/mol. The Morgan fingerprint density at radius 1 is 1.20 bits per heavy atom. The molecule has 0 aliphatic carbocycles. The van der Waals surface area contributed by atoms with Crippen LogP contribution in [0.25, 0.3) is 0 Å². The van der Waals surface area contributed by atoms with Crippen LogP contribution < -0.4 is 0 Å². The monoisotopic (exact) mass is 272 g/mol. The van der Waals surface area contributed by atoms with Gasteiger partial charge in [0.05, 0.1) is 13.2 Å². The van der Waals surface area contributed by atoms with Gasteiger partial charge < -0.3 is 9.05 Å². The van der Waals surface area contributed by atoms with Crippen LogP contribution in [-0.2, 0) is 9.05 Å². The van der Waals surface area contributed by atoms with Gasteiger partial charge in [0.15, 0.2) is 0 Å². The molecule has 0 aromatic heterocycles. The van der Waals surface area contributed by atoms with E-state index in [1.54, 1.807) is 12.2 Å². The van der Waals surface area contributed by atoms with E-state index in [2.05, 4.69) is 35.2 Å². The van der Waals surface area contributed by atoms with Gasteiger partial charge in [-0.15, -0.1) is 13.2 Å². The fourth-order valence-corrected chi connectivity index (χ4v) is 1.74. The molecule has 0 aliphatic rings. The molecule has 0 aromatic carbocycles. The van der Waals surface area contributed by atoms with Gasteiger partial charge in [-0.1, -0.05) is 12.2 Å². The predicted molar refractivity (Wildman–Crippen MR) is 53.2 cm³/mol. The highest BCUT2D eigenvalue weighted by Gasteiger charge is 2.00. The Labute approximate surface area is 75.7 Å². The molecule has 0 aliphatic heterocycles. The third-order valence-corrected chi connectivity index (χ3v) is 2.96. The molecule has 2 nitrogen and oxygen atoms in total.